The topological polar surface area (TPSA) is 83.5 Å². The molecule has 1 atom stereocenters. The molecule has 1 amide bonds. The quantitative estimate of drug-likeness (QED) is 0.613. The standard InChI is InChI=1S/C18H17ClFNO4S/c19-14-2-1-3-15(9-14)26(24,25)10-11-4-5-12-8-17(20)16(18(22)21-23)7-13(12)6-11/h1-3,7-9,11,23H,4-6,10H2,(H,21,22). The molecule has 5 nitrogen and oxygen atoms in total. The van der Waals surface area contributed by atoms with Crippen LogP contribution in [0.5, 0.6) is 0 Å². The molecule has 0 bridgehead atoms. The summed E-state index contributed by atoms with van der Waals surface area (Å²) in [5, 5.41) is 9.07. The fourth-order valence-corrected chi connectivity index (χ4v) is 5.24. The van der Waals surface area contributed by atoms with E-state index in [1.165, 1.54) is 29.7 Å². The van der Waals surface area contributed by atoms with E-state index in [0.717, 1.165) is 11.1 Å². The maximum absolute atomic E-state index is 14.0. The third-order valence-electron chi connectivity index (χ3n) is 4.58. The molecule has 2 aromatic carbocycles. The van der Waals surface area contributed by atoms with Gasteiger partial charge >= 0.3 is 0 Å². The number of fused-ring (bicyclic) bond motifs is 1. The lowest BCUT2D eigenvalue weighted by Gasteiger charge is -2.25. The van der Waals surface area contributed by atoms with E-state index in [-0.39, 0.29) is 22.1 Å². The summed E-state index contributed by atoms with van der Waals surface area (Å²) in [4.78, 5) is 11.7. The fourth-order valence-electron chi connectivity index (χ4n) is 3.30. The van der Waals surface area contributed by atoms with Gasteiger partial charge in [-0.2, -0.15) is 0 Å². The predicted octanol–water partition coefficient (Wildman–Crippen LogP) is 3.18. The van der Waals surface area contributed by atoms with E-state index >= 15 is 0 Å². The minimum Gasteiger partial charge on any atom is -0.288 e. The molecule has 0 saturated heterocycles. The number of halogens is 2. The molecular weight excluding hydrogens is 381 g/mol. The second-order valence-electron chi connectivity index (χ2n) is 6.39. The lowest BCUT2D eigenvalue weighted by atomic mass is 9.84. The summed E-state index contributed by atoms with van der Waals surface area (Å²) in [5.41, 5.74) is 2.64. The molecule has 0 radical (unpaired) electrons. The zero-order chi connectivity index (χ0) is 18.9. The van der Waals surface area contributed by atoms with Gasteiger partial charge in [0.15, 0.2) is 9.84 Å². The second-order valence-corrected chi connectivity index (χ2v) is 8.86. The van der Waals surface area contributed by atoms with Crippen LogP contribution in [0.15, 0.2) is 41.3 Å². The first kappa shape index (κ1) is 18.8. The van der Waals surface area contributed by atoms with Crippen molar-refractivity contribution >= 4 is 27.3 Å². The van der Waals surface area contributed by atoms with Crippen molar-refractivity contribution in [1.82, 2.24) is 5.48 Å². The largest absolute Gasteiger partial charge is 0.288 e. The molecule has 1 aliphatic carbocycles. The van der Waals surface area contributed by atoms with Crippen molar-refractivity contribution in [3.8, 4) is 0 Å². The molecule has 3 rings (SSSR count). The van der Waals surface area contributed by atoms with Gasteiger partial charge in [0.1, 0.15) is 5.82 Å². The van der Waals surface area contributed by atoms with Crippen LogP contribution in [0.1, 0.15) is 27.9 Å². The van der Waals surface area contributed by atoms with Crippen LogP contribution in [-0.4, -0.2) is 25.3 Å². The van der Waals surface area contributed by atoms with Gasteiger partial charge in [-0.15, -0.1) is 0 Å². The van der Waals surface area contributed by atoms with Crippen LogP contribution in [0.4, 0.5) is 4.39 Å². The predicted molar refractivity (Wildman–Crippen MR) is 94.7 cm³/mol. The van der Waals surface area contributed by atoms with Crippen LogP contribution in [0.25, 0.3) is 0 Å². The highest BCUT2D eigenvalue weighted by atomic mass is 35.5. The van der Waals surface area contributed by atoms with Gasteiger partial charge in [-0.05, 0) is 66.6 Å². The molecule has 1 aliphatic rings. The monoisotopic (exact) mass is 397 g/mol. The summed E-state index contributed by atoms with van der Waals surface area (Å²) in [6, 6.07) is 8.80. The zero-order valence-corrected chi connectivity index (χ0v) is 15.3. The minimum absolute atomic E-state index is 0.0499. The number of benzene rings is 2. The van der Waals surface area contributed by atoms with E-state index in [0.29, 0.717) is 24.3 Å². The Bertz CT molecular complexity index is 962. The molecule has 0 fully saturated rings. The van der Waals surface area contributed by atoms with Crippen LogP contribution in [0.2, 0.25) is 5.02 Å². The Labute approximate surface area is 155 Å². The highest BCUT2D eigenvalue weighted by Gasteiger charge is 2.27. The third kappa shape index (κ3) is 3.90. The summed E-state index contributed by atoms with van der Waals surface area (Å²) in [5.74, 6) is -1.84. The summed E-state index contributed by atoms with van der Waals surface area (Å²) in [6.07, 6.45) is 1.56. The van der Waals surface area contributed by atoms with Crippen molar-refractivity contribution in [1.29, 1.82) is 0 Å². The summed E-state index contributed by atoms with van der Waals surface area (Å²) in [7, 11) is -3.50. The van der Waals surface area contributed by atoms with Crippen molar-refractivity contribution < 1.29 is 22.8 Å². The van der Waals surface area contributed by atoms with Gasteiger partial charge in [-0.3, -0.25) is 10.0 Å². The molecule has 0 heterocycles. The van der Waals surface area contributed by atoms with Crippen molar-refractivity contribution in [2.45, 2.75) is 24.2 Å². The van der Waals surface area contributed by atoms with Gasteiger partial charge in [-0.1, -0.05) is 17.7 Å². The molecule has 1 unspecified atom stereocenters. The Hall–Kier alpha value is -1.96. The summed E-state index contributed by atoms with van der Waals surface area (Å²) >= 11 is 5.88. The van der Waals surface area contributed by atoms with Gasteiger partial charge < -0.3 is 0 Å². The molecule has 0 aromatic heterocycles. The maximum atomic E-state index is 14.0. The second kappa shape index (κ2) is 7.34. The van der Waals surface area contributed by atoms with Crippen LogP contribution in [0.3, 0.4) is 0 Å². The number of carbonyl (C=O) groups is 1. The van der Waals surface area contributed by atoms with E-state index in [1.54, 1.807) is 12.1 Å². The van der Waals surface area contributed by atoms with Gasteiger partial charge in [0.2, 0.25) is 0 Å². The van der Waals surface area contributed by atoms with Gasteiger partial charge in [-0.25, -0.2) is 18.3 Å². The zero-order valence-electron chi connectivity index (χ0n) is 13.7. The van der Waals surface area contributed by atoms with Crippen molar-refractivity contribution in [3.05, 3.63) is 63.9 Å². The molecule has 0 spiro atoms. The van der Waals surface area contributed by atoms with E-state index in [1.807, 2.05) is 0 Å². The first-order valence-corrected chi connectivity index (χ1v) is 10.1. The van der Waals surface area contributed by atoms with Crippen molar-refractivity contribution in [3.63, 3.8) is 0 Å². The van der Waals surface area contributed by atoms with Gasteiger partial charge in [0, 0.05) is 5.02 Å². The van der Waals surface area contributed by atoms with E-state index in [2.05, 4.69) is 0 Å². The fraction of sp³-hybridized carbons (Fsp3) is 0.278. The Balaban J connectivity index is 1.83. The van der Waals surface area contributed by atoms with Crippen LogP contribution < -0.4 is 5.48 Å². The van der Waals surface area contributed by atoms with E-state index in [9.17, 15) is 17.6 Å². The van der Waals surface area contributed by atoms with E-state index < -0.39 is 21.6 Å². The summed E-state index contributed by atoms with van der Waals surface area (Å²) < 4.78 is 39.2. The average Bonchev–Trinajstić information content (AvgIpc) is 2.60. The van der Waals surface area contributed by atoms with Crippen LogP contribution >= 0.6 is 11.6 Å². The van der Waals surface area contributed by atoms with E-state index in [4.69, 9.17) is 16.8 Å². The van der Waals surface area contributed by atoms with Gasteiger partial charge in [0.25, 0.3) is 5.91 Å². The normalized spacial score (nSPS) is 16.8. The average molecular weight is 398 g/mol. The molecule has 2 aromatic rings. The van der Waals surface area contributed by atoms with Crippen molar-refractivity contribution in [2.24, 2.45) is 5.92 Å². The Morgan fingerprint density at radius 2 is 2.04 bits per heavy atom. The smallest absolute Gasteiger partial charge is 0.277 e. The molecular formula is C18H17ClFNO4S. The molecule has 26 heavy (non-hydrogen) atoms. The molecule has 8 heteroatoms. The lowest BCUT2D eigenvalue weighted by Crippen LogP contribution is -2.25. The number of hydrogen-bond donors (Lipinski definition) is 2. The first-order chi connectivity index (χ1) is 12.3. The van der Waals surface area contributed by atoms with Crippen molar-refractivity contribution in [2.75, 3.05) is 5.75 Å². The number of rotatable bonds is 4. The minimum atomic E-state index is -3.50. The highest BCUT2D eigenvalue weighted by Crippen LogP contribution is 2.30. The Morgan fingerprint density at radius 1 is 1.27 bits per heavy atom. The Kier molecular flexibility index (Phi) is 5.32. The number of aryl methyl sites for hydroxylation is 1. The third-order valence-corrected chi connectivity index (χ3v) is 6.69. The molecule has 138 valence electrons. The number of hydroxylamine groups is 1. The number of hydrogen-bond acceptors (Lipinski definition) is 4. The van der Waals surface area contributed by atoms with Crippen LogP contribution in [-0.2, 0) is 22.7 Å². The lowest BCUT2D eigenvalue weighted by molar-refractivity contribution is 0.0701. The molecule has 0 saturated carbocycles. The number of amides is 1. The number of nitrogens with one attached hydrogen (secondary N) is 1. The number of carbonyl (C=O) groups excluding carboxylic acids is 1. The maximum Gasteiger partial charge on any atom is 0.277 e. The SMILES string of the molecule is O=C(NO)c1cc2c(cc1F)CCC(CS(=O)(=O)c1cccc(Cl)c1)C2. The summed E-state index contributed by atoms with van der Waals surface area (Å²) in [6.45, 7) is 0. The highest BCUT2D eigenvalue weighted by molar-refractivity contribution is 7.91. The molecule has 2 N–H and O–H groups in total. The molecule has 0 aliphatic heterocycles. The first-order valence-electron chi connectivity index (χ1n) is 8.04. The number of sulfone groups is 1. The van der Waals surface area contributed by atoms with Crippen LogP contribution in [0, 0.1) is 11.7 Å². The van der Waals surface area contributed by atoms with Gasteiger partial charge in [0.05, 0.1) is 16.2 Å². The Morgan fingerprint density at radius 3 is 2.73 bits per heavy atom.